The third-order valence-electron chi connectivity index (χ3n) is 7.41. The highest BCUT2D eigenvalue weighted by atomic mass is 79.9. The van der Waals surface area contributed by atoms with E-state index >= 15 is 0 Å². The van der Waals surface area contributed by atoms with E-state index in [1.165, 1.54) is 24.3 Å². The minimum absolute atomic E-state index is 0.0449. The zero-order valence-corrected chi connectivity index (χ0v) is 37.4. The molecule has 0 atom stereocenters. The van der Waals surface area contributed by atoms with E-state index in [-0.39, 0.29) is 71.8 Å². The van der Waals surface area contributed by atoms with Gasteiger partial charge in [-0.25, -0.2) is 8.78 Å². The number of aliphatic carboxylic acids is 2. The van der Waals surface area contributed by atoms with Gasteiger partial charge in [-0.15, -0.1) is 0 Å². The van der Waals surface area contributed by atoms with E-state index in [9.17, 15) is 32.8 Å². The van der Waals surface area contributed by atoms with Crippen LogP contribution in [0.15, 0.2) is 66.4 Å². The molecule has 0 radical (unpaired) electrons. The van der Waals surface area contributed by atoms with E-state index < -0.39 is 36.0 Å². The molecule has 0 aliphatic rings. The lowest BCUT2D eigenvalue weighted by molar-refractivity contribution is -0.137. The Hall–Kier alpha value is -4.10. The molecule has 4 aromatic carbocycles. The van der Waals surface area contributed by atoms with Crippen LogP contribution in [0.5, 0.6) is 11.5 Å². The summed E-state index contributed by atoms with van der Waals surface area (Å²) in [4.78, 5) is 56.6. The molecule has 0 saturated heterocycles. The van der Waals surface area contributed by atoms with Crippen molar-refractivity contribution < 1.29 is 52.4 Å². The van der Waals surface area contributed by atoms with Crippen LogP contribution in [0.1, 0.15) is 59.3 Å². The van der Waals surface area contributed by atoms with Crippen LogP contribution in [0.3, 0.4) is 0 Å². The molecule has 12 nitrogen and oxygen atoms in total. The Bertz CT molecular complexity index is 2150. The summed E-state index contributed by atoms with van der Waals surface area (Å²) in [7, 11) is 0. The molecule has 0 aliphatic carbocycles. The highest BCUT2D eigenvalue weighted by Crippen LogP contribution is 2.37. The molecule has 0 unspecified atom stereocenters. The molecule has 57 heavy (non-hydrogen) atoms. The molecule has 0 saturated carbocycles. The fourth-order valence-corrected chi connectivity index (χ4v) is 7.94. The first-order chi connectivity index (χ1) is 26.8. The van der Waals surface area contributed by atoms with Crippen molar-refractivity contribution in [2.24, 2.45) is 0 Å². The van der Waals surface area contributed by atoms with Crippen LogP contribution in [0, 0.1) is 18.6 Å². The van der Waals surface area contributed by atoms with Crippen molar-refractivity contribution in [3.63, 3.8) is 0 Å². The van der Waals surface area contributed by atoms with Gasteiger partial charge in [-0.05, 0) is 130 Å². The number of rotatable bonds is 15. The van der Waals surface area contributed by atoms with E-state index in [1.807, 2.05) is 0 Å². The van der Waals surface area contributed by atoms with Crippen LogP contribution in [0.4, 0.5) is 20.2 Å². The second-order valence-corrected chi connectivity index (χ2v) is 15.8. The number of aryl methyl sites for hydroxylation is 1. The minimum Gasteiger partial charge on any atom is -0.486 e. The first kappa shape index (κ1) is 47.3. The van der Waals surface area contributed by atoms with Crippen LogP contribution < -0.4 is 25.4 Å². The summed E-state index contributed by atoms with van der Waals surface area (Å²) in [5, 5.41) is 25.0. The average molecular weight is 1070 g/mol. The summed E-state index contributed by atoms with van der Waals surface area (Å²) >= 11 is 19.3. The first-order valence-corrected chi connectivity index (χ1v) is 20.2. The molecular formula is C38H34Br4ClF2N3O9. The maximum atomic E-state index is 14.7. The number of hydrogen-bond acceptors (Lipinski definition) is 7. The molecule has 0 fully saturated rings. The lowest BCUT2D eigenvalue weighted by Crippen LogP contribution is -2.29. The molecule has 0 bridgehead atoms. The summed E-state index contributed by atoms with van der Waals surface area (Å²) in [6, 6.07) is 12.1. The summed E-state index contributed by atoms with van der Waals surface area (Å²) in [5.74, 6) is -3.80. The van der Waals surface area contributed by atoms with Crippen LogP contribution in [0.2, 0.25) is 5.02 Å². The fourth-order valence-electron chi connectivity index (χ4n) is 4.77. The van der Waals surface area contributed by atoms with Gasteiger partial charge in [-0.2, -0.15) is 0 Å². The molecule has 3 amide bonds. The predicted octanol–water partition coefficient (Wildman–Crippen LogP) is 9.96. The predicted molar refractivity (Wildman–Crippen MR) is 224 cm³/mol. The third-order valence-corrected chi connectivity index (χ3v) is 9.99. The SMILES string of the molecule is CCC(=O)Nc1cc(C)cc(COc2c(Br)cc(CC(=O)O)cc2Br)c1F.CCC(=O)Nc1cc(Cl)cc(COc2c(Br)cc(C(=O)NCC(=O)O)cc2Br)c1F. The lowest BCUT2D eigenvalue weighted by atomic mass is 10.1. The Morgan fingerprint density at radius 1 is 0.684 bits per heavy atom. The molecule has 4 rings (SSSR count). The van der Waals surface area contributed by atoms with Crippen LogP contribution in [-0.2, 0) is 38.8 Å². The summed E-state index contributed by atoms with van der Waals surface area (Å²) in [6.07, 6.45) is 0.316. The van der Waals surface area contributed by atoms with Crippen molar-refractivity contribution >= 4 is 116 Å². The molecule has 0 spiro atoms. The molecule has 0 heterocycles. The summed E-state index contributed by atoms with van der Waals surface area (Å²) in [6.45, 7) is 4.36. The van der Waals surface area contributed by atoms with Gasteiger partial charge in [-0.3, -0.25) is 24.0 Å². The van der Waals surface area contributed by atoms with Crippen molar-refractivity contribution in [1.29, 1.82) is 0 Å². The maximum Gasteiger partial charge on any atom is 0.322 e. The second kappa shape index (κ2) is 22.2. The summed E-state index contributed by atoms with van der Waals surface area (Å²) < 4.78 is 42.7. The standard InChI is InChI=1S/C19H16Br2ClFN2O5.C19H18Br2FNO4/c1-2-15(26)25-14-6-11(22)3-10(17(14)23)8-30-18-12(20)4-9(5-13(18)21)19(29)24-7-16(27)28;1-3-16(24)23-15-5-10(2)4-12(18(15)22)9-27-19-13(20)6-11(7-14(19)21)8-17(25)26/h3-6H,2,7-8H2,1H3,(H,24,29)(H,25,26)(H,27,28);4-7H,3,8-9H2,1-2H3,(H,23,24)(H,25,26). The molecule has 4 aromatic rings. The Morgan fingerprint density at radius 2 is 1.14 bits per heavy atom. The number of carboxylic acid groups (broad SMARTS) is 2. The topological polar surface area (TPSA) is 180 Å². The molecule has 5 N–H and O–H groups in total. The van der Waals surface area contributed by atoms with Gasteiger partial charge < -0.3 is 35.6 Å². The highest BCUT2D eigenvalue weighted by molar-refractivity contribution is 9.11. The van der Waals surface area contributed by atoms with Gasteiger partial charge in [0.05, 0.1) is 35.7 Å². The quantitative estimate of drug-likeness (QED) is 0.0775. The van der Waals surface area contributed by atoms with E-state index in [0.29, 0.717) is 40.5 Å². The fraction of sp³-hybridized carbons (Fsp3) is 0.237. The molecule has 19 heteroatoms. The number of hydrogen-bond donors (Lipinski definition) is 5. The first-order valence-electron chi connectivity index (χ1n) is 16.6. The highest BCUT2D eigenvalue weighted by Gasteiger charge is 2.18. The Labute approximate surface area is 364 Å². The number of nitrogens with one attached hydrogen (secondary N) is 3. The van der Waals surface area contributed by atoms with Crippen LogP contribution in [0.25, 0.3) is 0 Å². The largest absolute Gasteiger partial charge is 0.486 e. The van der Waals surface area contributed by atoms with Crippen molar-refractivity contribution in [2.75, 3.05) is 17.2 Å². The van der Waals surface area contributed by atoms with E-state index in [2.05, 4.69) is 79.7 Å². The number of anilines is 2. The number of carbonyl (C=O) groups excluding carboxylic acids is 3. The van der Waals surface area contributed by atoms with Gasteiger partial charge >= 0.3 is 11.9 Å². The average Bonchev–Trinajstić information content (AvgIpc) is 3.13. The van der Waals surface area contributed by atoms with Crippen LogP contribution >= 0.6 is 75.3 Å². The lowest BCUT2D eigenvalue weighted by Gasteiger charge is -2.15. The van der Waals surface area contributed by atoms with Gasteiger partial charge in [0.15, 0.2) is 11.6 Å². The zero-order chi connectivity index (χ0) is 42.6. The summed E-state index contributed by atoms with van der Waals surface area (Å²) in [5.41, 5.74) is 2.08. The van der Waals surface area contributed by atoms with Crippen LogP contribution in [-0.4, -0.2) is 46.4 Å². The number of carboxylic acids is 2. The Balaban J connectivity index is 0.000000307. The third kappa shape index (κ3) is 14.3. The normalized spacial score (nSPS) is 10.5. The molecule has 304 valence electrons. The van der Waals surface area contributed by atoms with Crippen molar-refractivity contribution in [2.45, 2.75) is 53.2 Å². The van der Waals surface area contributed by atoms with Gasteiger partial charge in [0, 0.05) is 34.6 Å². The molecule has 0 aliphatic heterocycles. The van der Waals surface area contributed by atoms with Crippen molar-refractivity contribution in [3.8, 4) is 11.5 Å². The molecule has 0 aromatic heterocycles. The Morgan fingerprint density at radius 3 is 1.60 bits per heavy atom. The van der Waals surface area contributed by atoms with Crippen molar-refractivity contribution in [3.05, 3.63) is 111 Å². The minimum atomic E-state index is -1.17. The Kier molecular flexibility index (Phi) is 18.4. The van der Waals surface area contributed by atoms with E-state index in [0.717, 1.165) is 5.56 Å². The number of carbonyl (C=O) groups is 5. The van der Waals surface area contributed by atoms with Gasteiger partial charge in [0.1, 0.15) is 31.3 Å². The number of benzene rings is 4. The van der Waals surface area contributed by atoms with E-state index in [4.69, 9.17) is 31.3 Å². The second-order valence-electron chi connectivity index (χ2n) is 11.9. The van der Waals surface area contributed by atoms with Gasteiger partial charge in [-0.1, -0.05) is 25.4 Å². The zero-order valence-electron chi connectivity index (χ0n) is 30.3. The van der Waals surface area contributed by atoms with Gasteiger partial charge in [0.2, 0.25) is 11.8 Å². The number of amides is 3. The van der Waals surface area contributed by atoms with Gasteiger partial charge in [0.25, 0.3) is 5.91 Å². The maximum absolute atomic E-state index is 14.7. The van der Waals surface area contributed by atoms with E-state index in [1.54, 1.807) is 45.0 Å². The number of ether oxygens (including phenoxy) is 2. The monoisotopic (exact) mass is 1060 g/mol. The smallest absolute Gasteiger partial charge is 0.322 e. The molecular weight excluding hydrogens is 1040 g/mol. The van der Waals surface area contributed by atoms with Crippen molar-refractivity contribution in [1.82, 2.24) is 5.32 Å². The number of halogens is 7.